The Labute approximate surface area is 103 Å². The van der Waals surface area contributed by atoms with Crippen molar-refractivity contribution in [3.05, 3.63) is 0 Å². The maximum absolute atomic E-state index is 14.9. The lowest BCUT2D eigenvalue weighted by molar-refractivity contribution is -0.380. The van der Waals surface area contributed by atoms with E-state index in [1.54, 1.807) is 20.8 Å². The average Bonchev–Trinajstić information content (AvgIpc) is 2.09. The van der Waals surface area contributed by atoms with E-state index in [2.05, 4.69) is 0 Å². The van der Waals surface area contributed by atoms with Crippen LogP contribution in [0.15, 0.2) is 0 Å². The second-order valence-corrected chi connectivity index (χ2v) is 5.81. The quantitative estimate of drug-likeness (QED) is 0.759. The third-order valence-electron chi connectivity index (χ3n) is 3.58. The van der Waals surface area contributed by atoms with Gasteiger partial charge in [0.1, 0.15) is 11.8 Å². The van der Waals surface area contributed by atoms with Crippen LogP contribution < -0.4 is 0 Å². The van der Waals surface area contributed by atoms with Gasteiger partial charge in [0.25, 0.3) is 0 Å². The van der Waals surface area contributed by atoms with Crippen LogP contribution in [0.1, 0.15) is 54.4 Å². The minimum atomic E-state index is -1.70. The van der Waals surface area contributed by atoms with Gasteiger partial charge in [0.05, 0.1) is 6.10 Å². The predicted octanol–water partition coefficient (Wildman–Crippen LogP) is 3.78. The van der Waals surface area contributed by atoms with Crippen molar-refractivity contribution in [1.82, 2.24) is 0 Å². The van der Waals surface area contributed by atoms with Crippen LogP contribution in [0.3, 0.4) is 0 Å². The Hall–Kier alpha value is -0.220. The number of rotatable bonds is 3. The summed E-state index contributed by atoms with van der Waals surface area (Å²) in [5.74, 6) is -0.879. The van der Waals surface area contributed by atoms with Gasteiger partial charge in [-0.2, -0.15) is 0 Å². The van der Waals surface area contributed by atoms with Crippen molar-refractivity contribution in [3.8, 4) is 0 Å². The Bertz CT molecular complexity index is 277. The van der Waals surface area contributed by atoms with Crippen LogP contribution in [0.5, 0.6) is 0 Å². The van der Waals surface area contributed by atoms with E-state index in [4.69, 9.17) is 9.47 Å². The maximum atomic E-state index is 14.9. The van der Waals surface area contributed by atoms with Crippen molar-refractivity contribution in [3.63, 3.8) is 0 Å². The summed E-state index contributed by atoms with van der Waals surface area (Å²) < 4.78 is 39.4. The van der Waals surface area contributed by atoms with E-state index in [1.807, 2.05) is 6.92 Å². The first-order valence-electron chi connectivity index (χ1n) is 6.25. The molecular weight excluding hydrogens is 226 g/mol. The van der Waals surface area contributed by atoms with Crippen LogP contribution in [0.2, 0.25) is 0 Å². The molecular formula is C13H24F2O2. The second-order valence-electron chi connectivity index (χ2n) is 5.81. The molecule has 4 atom stereocenters. The summed E-state index contributed by atoms with van der Waals surface area (Å²) in [5, 5.41) is 0. The first-order valence-corrected chi connectivity index (χ1v) is 6.25. The molecule has 1 fully saturated rings. The van der Waals surface area contributed by atoms with Crippen LogP contribution in [0, 0.1) is 0 Å². The summed E-state index contributed by atoms with van der Waals surface area (Å²) in [6.45, 7) is 9.85. The summed E-state index contributed by atoms with van der Waals surface area (Å²) >= 11 is 0. The molecule has 17 heavy (non-hydrogen) atoms. The van der Waals surface area contributed by atoms with Gasteiger partial charge in [-0.1, -0.05) is 6.92 Å². The van der Waals surface area contributed by atoms with E-state index in [0.29, 0.717) is 6.42 Å². The van der Waals surface area contributed by atoms with Crippen LogP contribution in [-0.2, 0) is 9.47 Å². The summed E-state index contributed by atoms with van der Waals surface area (Å²) in [6.07, 6.45) is -1.12. The molecule has 0 aromatic rings. The van der Waals surface area contributed by atoms with Gasteiger partial charge >= 0.3 is 0 Å². The second kappa shape index (κ2) is 4.47. The number of hydrogen-bond acceptors (Lipinski definition) is 2. The maximum Gasteiger partial charge on any atom is 0.164 e. The highest BCUT2D eigenvalue weighted by molar-refractivity contribution is 5.05. The lowest BCUT2D eigenvalue weighted by Crippen LogP contribution is -2.66. The fourth-order valence-electron chi connectivity index (χ4n) is 2.70. The molecule has 1 aliphatic heterocycles. The zero-order valence-corrected chi connectivity index (χ0v) is 11.6. The van der Waals surface area contributed by atoms with Gasteiger partial charge in [0, 0.05) is 6.42 Å². The van der Waals surface area contributed by atoms with E-state index in [0.717, 1.165) is 0 Å². The highest BCUT2D eigenvalue weighted by Gasteiger charge is 2.59. The van der Waals surface area contributed by atoms with E-state index >= 15 is 0 Å². The molecule has 0 saturated carbocycles. The lowest BCUT2D eigenvalue weighted by Gasteiger charge is -2.54. The minimum Gasteiger partial charge on any atom is -0.344 e. The molecule has 4 heteroatoms. The Morgan fingerprint density at radius 3 is 2.18 bits per heavy atom. The van der Waals surface area contributed by atoms with Gasteiger partial charge in [-0.15, -0.1) is 0 Å². The molecule has 1 aliphatic rings. The summed E-state index contributed by atoms with van der Waals surface area (Å²) in [7, 11) is 0. The van der Waals surface area contributed by atoms with Crippen molar-refractivity contribution in [2.45, 2.75) is 83.7 Å². The zero-order chi connectivity index (χ0) is 13.5. The van der Waals surface area contributed by atoms with Crippen molar-refractivity contribution < 1.29 is 18.3 Å². The van der Waals surface area contributed by atoms with Gasteiger partial charge in [-0.25, -0.2) is 8.78 Å². The lowest BCUT2D eigenvalue weighted by atomic mass is 9.77. The molecule has 102 valence electrons. The SMILES string of the molecule is CCC1OC(C)(C)OC(C)(CC(C)F)C1(C)F. The fraction of sp³-hybridized carbons (Fsp3) is 1.00. The largest absolute Gasteiger partial charge is 0.344 e. The van der Waals surface area contributed by atoms with Gasteiger partial charge in [-0.3, -0.25) is 0 Å². The van der Waals surface area contributed by atoms with Crippen molar-refractivity contribution in [2.75, 3.05) is 0 Å². The highest BCUT2D eigenvalue weighted by Crippen LogP contribution is 2.47. The Morgan fingerprint density at radius 1 is 1.24 bits per heavy atom. The molecule has 0 aliphatic carbocycles. The topological polar surface area (TPSA) is 18.5 Å². The molecule has 1 heterocycles. The Morgan fingerprint density at radius 2 is 1.76 bits per heavy atom. The number of ether oxygens (including phenoxy) is 2. The zero-order valence-electron chi connectivity index (χ0n) is 11.6. The summed E-state index contributed by atoms with van der Waals surface area (Å²) in [5.41, 5.74) is -2.86. The molecule has 0 bridgehead atoms. The smallest absolute Gasteiger partial charge is 0.164 e. The Kier molecular flexibility index (Phi) is 3.90. The molecule has 0 N–H and O–H groups in total. The fourth-order valence-corrected chi connectivity index (χ4v) is 2.70. The molecule has 0 aromatic heterocycles. The van der Waals surface area contributed by atoms with Crippen LogP contribution in [0.4, 0.5) is 8.78 Å². The van der Waals surface area contributed by atoms with Gasteiger partial charge in [-0.05, 0) is 41.0 Å². The monoisotopic (exact) mass is 250 g/mol. The first-order chi connectivity index (χ1) is 7.54. The molecule has 1 rings (SSSR count). The van der Waals surface area contributed by atoms with E-state index in [-0.39, 0.29) is 6.42 Å². The van der Waals surface area contributed by atoms with Crippen molar-refractivity contribution >= 4 is 0 Å². The standard InChI is InChI=1S/C13H24F2O2/c1-7-10-13(6,15)12(5,8-9(2)14)17-11(3,4)16-10/h9-10H,7-8H2,1-6H3. The Balaban J connectivity index is 3.06. The van der Waals surface area contributed by atoms with Gasteiger partial charge < -0.3 is 9.47 Å². The third-order valence-corrected chi connectivity index (χ3v) is 3.58. The van der Waals surface area contributed by atoms with E-state index < -0.39 is 29.3 Å². The van der Waals surface area contributed by atoms with Crippen LogP contribution in [0.25, 0.3) is 0 Å². The third kappa shape index (κ3) is 2.79. The molecule has 0 amide bonds. The van der Waals surface area contributed by atoms with E-state index in [9.17, 15) is 8.78 Å². The average molecular weight is 250 g/mol. The number of halogens is 2. The van der Waals surface area contributed by atoms with Gasteiger partial charge in [0.2, 0.25) is 0 Å². The molecule has 2 nitrogen and oxygen atoms in total. The molecule has 0 aromatic carbocycles. The van der Waals surface area contributed by atoms with Crippen LogP contribution >= 0.6 is 0 Å². The molecule has 1 saturated heterocycles. The normalized spacial score (nSPS) is 43.4. The molecule has 0 radical (unpaired) electrons. The summed E-state index contributed by atoms with van der Waals surface area (Å²) in [6, 6.07) is 0. The van der Waals surface area contributed by atoms with Crippen molar-refractivity contribution in [1.29, 1.82) is 0 Å². The van der Waals surface area contributed by atoms with E-state index in [1.165, 1.54) is 13.8 Å². The van der Waals surface area contributed by atoms with Crippen molar-refractivity contribution in [2.24, 2.45) is 0 Å². The van der Waals surface area contributed by atoms with Gasteiger partial charge in [0.15, 0.2) is 11.5 Å². The van der Waals surface area contributed by atoms with Crippen LogP contribution in [-0.4, -0.2) is 29.3 Å². The number of alkyl halides is 2. The molecule has 0 spiro atoms. The highest BCUT2D eigenvalue weighted by atomic mass is 19.1. The first kappa shape index (κ1) is 14.8. The minimum absolute atomic E-state index is 0.0310. The number of hydrogen-bond donors (Lipinski definition) is 0. The predicted molar refractivity (Wildman–Crippen MR) is 63.4 cm³/mol. The molecule has 4 unspecified atom stereocenters. The summed E-state index contributed by atoms with van der Waals surface area (Å²) in [4.78, 5) is 0.